The average molecular weight is 181 g/mol. The number of phenols is 2. The van der Waals surface area contributed by atoms with Crippen LogP contribution in [0, 0.1) is 0 Å². The lowest BCUT2D eigenvalue weighted by Gasteiger charge is -2.04. The standard InChI is InChI=1S/C9H11NO3/c1-2-10-9(13)7-5-6(11)3-4-8(7)12/h3-5,11-12H,2H2,1H3,(H,10,13). The van der Waals surface area contributed by atoms with Crippen molar-refractivity contribution in [3.8, 4) is 11.5 Å². The van der Waals surface area contributed by atoms with Gasteiger partial charge >= 0.3 is 0 Å². The lowest BCUT2D eigenvalue weighted by molar-refractivity contribution is 0.0953. The number of phenolic OH excluding ortho intramolecular Hbond substituents is 2. The molecule has 0 aliphatic rings. The van der Waals surface area contributed by atoms with Gasteiger partial charge in [0.25, 0.3) is 5.91 Å². The van der Waals surface area contributed by atoms with Crippen LogP contribution >= 0.6 is 0 Å². The molecule has 0 saturated heterocycles. The summed E-state index contributed by atoms with van der Waals surface area (Å²) in [6.45, 7) is 2.26. The van der Waals surface area contributed by atoms with Crippen molar-refractivity contribution in [2.75, 3.05) is 6.54 Å². The summed E-state index contributed by atoms with van der Waals surface area (Å²) in [7, 11) is 0. The normalized spacial score (nSPS) is 9.62. The van der Waals surface area contributed by atoms with E-state index in [0.717, 1.165) is 0 Å². The predicted molar refractivity (Wildman–Crippen MR) is 47.8 cm³/mol. The van der Waals surface area contributed by atoms with Crippen LogP contribution in [-0.4, -0.2) is 22.7 Å². The minimum Gasteiger partial charge on any atom is -0.508 e. The van der Waals surface area contributed by atoms with E-state index in [1.54, 1.807) is 6.92 Å². The molecule has 0 saturated carbocycles. The number of carbonyl (C=O) groups is 1. The van der Waals surface area contributed by atoms with Crippen molar-refractivity contribution in [1.29, 1.82) is 0 Å². The predicted octanol–water partition coefficient (Wildman–Crippen LogP) is 0.847. The second kappa shape index (κ2) is 3.80. The molecule has 0 aliphatic heterocycles. The van der Waals surface area contributed by atoms with E-state index in [9.17, 15) is 9.90 Å². The van der Waals surface area contributed by atoms with Crippen molar-refractivity contribution in [2.24, 2.45) is 0 Å². The van der Waals surface area contributed by atoms with Gasteiger partial charge in [0, 0.05) is 6.54 Å². The van der Waals surface area contributed by atoms with Crippen LogP contribution < -0.4 is 5.32 Å². The van der Waals surface area contributed by atoms with Crippen molar-refractivity contribution in [3.63, 3.8) is 0 Å². The summed E-state index contributed by atoms with van der Waals surface area (Å²) in [5.41, 5.74) is 0.0850. The second-order valence-corrected chi connectivity index (χ2v) is 2.56. The number of aromatic hydroxyl groups is 2. The maximum atomic E-state index is 11.2. The van der Waals surface area contributed by atoms with Gasteiger partial charge in [0.2, 0.25) is 0 Å². The summed E-state index contributed by atoms with van der Waals surface area (Å²) in [5, 5.41) is 20.8. The highest BCUT2D eigenvalue weighted by molar-refractivity contribution is 5.97. The number of amides is 1. The minimum absolute atomic E-state index is 0.0425. The van der Waals surface area contributed by atoms with Crippen LogP contribution in [0.4, 0.5) is 0 Å². The third-order valence-corrected chi connectivity index (χ3v) is 1.56. The number of carbonyl (C=O) groups excluding carboxylic acids is 1. The Bertz CT molecular complexity index is 323. The molecular weight excluding hydrogens is 170 g/mol. The molecule has 1 amide bonds. The summed E-state index contributed by atoms with van der Waals surface area (Å²) >= 11 is 0. The molecule has 1 aromatic carbocycles. The Kier molecular flexibility index (Phi) is 2.74. The Hall–Kier alpha value is -1.71. The summed E-state index contributed by atoms with van der Waals surface area (Å²) in [4.78, 5) is 11.2. The molecule has 0 fully saturated rings. The maximum absolute atomic E-state index is 11.2. The van der Waals surface area contributed by atoms with Crippen LogP contribution in [0.5, 0.6) is 11.5 Å². The van der Waals surface area contributed by atoms with E-state index < -0.39 is 5.91 Å². The topological polar surface area (TPSA) is 69.6 Å². The lowest BCUT2D eigenvalue weighted by Crippen LogP contribution is -2.22. The molecule has 0 radical (unpaired) electrons. The summed E-state index contributed by atoms with van der Waals surface area (Å²) in [5.74, 6) is -0.571. The maximum Gasteiger partial charge on any atom is 0.255 e. The highest BCUT2D eigenvalue weighted by Crippen LogP contribution is 2.21. The van der Waals surface area contributed by atoms with Gasteiger partial charge < -0.3 is 15.5 Å². The Labute approximate surface area is 75.8 Å². The van der Waals surface area contributed by atoms with Crippen LogP contribution in [0.15, 0.2) is 18.2 Å². The fraction of sp³-hybridized carbons (Fsp3) is 0.222. The molecule has 0 spiro atoms. The van der Waals surface area contributed by atoms with Gasteiger partial charge in [-0.3, -0.25) is 4.79 Å². The van der Waals surface area contributed by atoms with Crippen molar-refractivity contribution in [2.45, 2.75) is 6.92 Å². The molecule has 3 N–H and O–H groups in total. The molecule has 70 valence electrons. The first kappa shape index (κ1) is 9.38. The molecule has 0 aromatic heterocycles. The number of rotatable bonds is 2. The summed E-state index contributed by atoms with van der Waals surface area (Å²) in [6.07, 6.45) is 0. The van der Waals surface area contributed by atoms with E-state index in [1.165, 1.54) is 18.2 Å². The van der Waals surface area contributed by atoms with Crippen LogP contribution in [0.3, 0.4) is 0 Å². The van der Waals surface area contributed by atoms with E-state index in [-0.39, 0.29) is 17.1 Å². The first-order valence-corrected chi connectivity index (χ1v) is 3.95. The first-order chi connectivity index (χ1) is 6.15. The fourth-order valence-corrected chi connectivity index (χ4v) is 0.962. The Morgan fingerprint density at radius 1 is 1.46 bits per heavy atom. The van der Waals surface area contributed by atoms with Crippen molar-refractivity contribution in [1.82, 2.24) is 5.32 Å². The van der Waals surface area contributed by atoms with E-state index >= 15 is 0 Å². The van der Waals surface area contributed by atoms with Crippen LogP contribution in [0.2, 0.25) is 0 Å². The number of benzene rings is 1. The molecule has 4 heteroatoms. The second-order valence-electron chi connectivity index (χ2n) is 2.56. The van der Waals surface area contributed by atoms with Crippen molar-refractivity contribution >= 4 is 5.91 Å². The molecular formula is C9H11NO3. The van der Waals surface area contributed by atoms with E-state index in [1.807, 2.05) is 0 Å². The molecule has 0 atom stereocenters. The molecule has 4 nitrogen and oxygen atoms in total. The van der Waals surface area contributed by atoms with Gasteiger partial charge in [0.05, 0.1) is 5.56 Å². The zero-order valence-electron chi connectivity index (χ0n) is 7.24. The molecule has 13 heavy (non-hydrogen) atoms. The largest absolute Gasteiger partial charge is 0.508 e. The zero-order chi connectivity index (χ0) is 9.84. The quantitative estimate of drug-likeness (QED) is 0.592. The Balaban J connectivity index is 2.99. The smallest absolute Gasteiger partial charge is 0.255 e. The highest BCUT2D eigenvalue weighted by Gasteiger charge is 2.10. The lowest BCUT2D eigenvalue weighted by atomic mass is 10.2. The summed E-state index contributed by atoms with van der Waals surface area (Å²) < 4.78 is 0. The first-order valence-electron chi connectivity index (χ1n) is 3.95. The number of hydrogen-bond donors (Lipinski definition) is 3. The van der Waals surface area contributed by atoms with Crippen molar-refractivity contribution < 1.29 is 15.0 Å². The highest BCUT2D eigenvalue weighted by atomic mass is 16.3. The average Bonchev–Trinajstić information content (AvgIpc) is 2.09. The molecule has 1 rings (SSSR count). The van der Waals surface area contributed by atoms with Crippen molar-refractivity contribution in [3.05, 3.63) is 23.8 Å². The molecule has 0 unspecified atom stereocenters. The molecule has 0 aliphatic carbocycles. The number of nitrogens with one attached hydrogen (secondary N) is 1. The fourth-order valence-electron chi connectivity index (χ4n) is 0.962. The zero-order valence-corrected chi connectivity index (χ0v) is 7.24. The van der Waals surface area contributed by atoms with Crippen LogP contribution in [0.25, 0.3) is 0 Å². The van der Waals surface area contributed by atoms with E-state index in [0.29, 0.717) is 6.54 Å². The molecule has 0 bridgehead atoms. The Morgan fingerprint density at radius 2 is 2.15 bits per heavy atom. The minimum atomic E-state index is -0.393. The summed E-state index contributed by atoms with van der Waals surface area (Å²) in [6, 6.07) is 3.82. The SMILES string of the molecule is CCNC(=O)c1cc(O)ccc1O. The third-order valence-electron chi connectivity index (χ3n) is 1.56. The monoisotopic (exact) mass is 181 g/mol. The van der Waals surface area contributed by atoms with E-state index in [2.05, 4.69) is 5.32 Å². The van der Waals surface area contributed by atoms with E-state index in [4.69, 9.17) is 5.11 Å². The molecule has 1 aromatic rings. The van der Waals surface area contributed by atoms with Gasteiger partial charge in [-0.15, -0.1) is 0 Å². The van der Waals surface area contributed by atoms with Gasteiger partial charge in [-0.1, -0.05) is 0 Å². The van der Waals surface area contributed by atoms with Gasteiger partial charge in [0.1, 0.15) is 11.5 Å². The number of hydrogen-bond acceptors (Lipinski definition) is 3. The van der Waals surface area contributed by atoms with Crippen LogP contribution in [-0.2, 0) is 0 Å². The van der Waals surface area contributed by atoms with Gasteiger partial charge in [-0.25, -0.2) is 0 Å². The van der Waals surface area contributed by atoms with Gasteiger partial charge in [0.15, 0.2) is 0 Å². The Morgan fingerprint density at radius 3 is 2.77 bits per heavy atom. The third kappa shape index (κ3) is 2.11. The van der Waals surface area contributed by atoms with Gasteiger partial charge in [-0.05, 0) is 25.1 Å². The molecule has 0 heterocycles. The van der Waals surface area contributed by atoms with Gasteiger partial charge in [-0.2, -0.15) is 0 Å². The van der Waals surface area contributed by atoms with Crippen LogP contribution in [0.1, 0.15) is 17.3 Å².